The van der Waals surface area contributed by atoms with E-state index in [2.05, 4.69) is 10.6 Å². The van der Waals surface area contributed by atoms with E-state index in [1.165, 1.54) is 12.1 Å². The number of hydrogen-bond donors (Lipinski definition) is 3. The fourth-order valence-corrected chi connectivity index (χ4v) is 2.51. The van der Waals surface area contributed by atoms with E-state index in [0.717, 1.165) is 10.9 Å². The zero-order valence-electron chi connectivity index (χ0n) is 15.8. The van der Waals surface area contributed by atoms with Crippen LogP contribution in [0, 0.1) is 12.8 Å². The molecule has 9 heteroatoms. The number of ether oxygens (including phenoxy) is 1. The van der Waals surface area contributed by atoms with E-state index in [-0.39, 0.29) is 19.1 Å². The summed E-state index contributed by atoms with van der Waals surface area (Å²) in [4.78, 5) is 46.1. The van der Waals surface area contributed by atoms with Crippen LogP contribution in [-0.4, -0.2) is 42.1 Å². The lowest BCUT2D eigenvalue weighted by Gasteiger charge is -2.18. The van der Waals surface area contributed by atoms with Crippen LogP contribution in [0.4, 0.5) is 0 Å². The van der Waals surface area contributed by atoms with E-state index in [4.69, 9.17) is 14.3 Å². The quantitative estimate of drug-likeness (QED) is 0.568. The number of hydrogen-bond acceptors (Lipinski definition) is 6. The van der Waals surface area contributed by atoms with Gasteiger partial charge in [0, 0.05) is 17.5 Å². The van der Waals surface area contributed by atoms with Crippen molar-refractivity contribution in [3.05, 3.63) is 40.2 Å². The molecular weight excluding hydrogens is 368 g/mol. The van der Waals surface area contributed by atoms with Crippen LogP contribution in [0.2, 0.25) is 0 Å². The number of fused-ring (bicyclic) bond motifs is 1. The normalized spacial score (nSPS) is 11.9. The summed E-state index contributed by atoms with van der Waals surface area (Å²) in [5.74, 6) is -2.28. The molecule has 1 atom stereocenters. The first-order valence-corrected chi connectivity index (χ1v) is 8.63. The molecule has 150 valence electrons. The Bertz CT molecular complexity index is 949. The number of amides is 2. The molecule has 0 saturated heterocycles. The first-order valence-electron chi connectivity index (χ1n) is 8.63. The largest absolute Gasteiger partial charge is 0.484 e. The Hall–Kier alpha value is -3.36. The van der Waals surface area contributed by atoms with Gasteiger partial charge in [-0.1, -0.05) is 13.8 Å². The summed E-state index contributed by atoms with van der Waals surface area (Å²) < 4.78 is 10.5. The lowest BCUT2D eigenvalue weighted by atomic mass is 10.1. The van der Waals surface area contributed by atoms with Crippen molar-refractivity contribution in [2.24, 2.45) is 5.92 Å². The molecule has 9 nitrogen and oxygen atoms in total. The third kappa shape index (κ3) is 5.57. The predicted molar refractivity (Wildman–Crippen MR) is 100 cm³/mol. The summed E-state index contributed by atoms with van der Waals surface area (Å²) >= 11 is 0. The molecule has 0 aliphatic rings. The number of carbonyl (C=O) groups is 3. The number of aryl methyl sites for hydroxylation is 1. The van der Waals surface area contributed by atoms with Gasteiger partial charge in [-0.15, -0.1) is 0 Å². The molecule has 2 rings (SSSR count). The Balaban J connectivity index is 1.87. The number of nitrogens with one attached hydrogen (secondary N) is 2. The Morgan fingerprint density at radius 2 is 1.89 bits per heavy atom. The highest BCUT2D eigenvalue weighted by Crippen LogP contribution is 2.22. The monoisotopic (exact) mass is 390 g/mol. The average molecular weight is 390 g/mol. The van der Waals surface area contributed by atoms with Crippen LogP contribution in [0.25, 0.3) is 11.0 Å². The number of benzene rings is 1. The van der Waals surface area contributed by atoms with Crippen LogP contribution in [0.3, 0.4) is 0 Å². The van der Waals surface area contributed by atoms with Crippen LogP contribution in [-0.2, 0) is 14.4 Å². The Morgan fingerprint density at radius 1 is 1.18 bits per heavy atom. The Labute approximate surface area is 160 Å². The van der Waals surface area contributed by atoms with Gasteiger partial charge in [0.2, 0.25) is 5.91 Å². The van der Waals surface area contributed by atoms with E-state index in [9.17, 15) is 19.2 Å². The van der Waals surface area contributed by atoms with Gasteiger partial charge in [-0.05, 0) is 30.5 Å². The molecule has 0 unspecified atom stereocenters. The summed E-state index contributed by atoms with van der Waals surface area (Å²) in [5, 5.41) is 14.5. The second-order valence-electron chi connectivity index (χ2n) is 6.60. The van der Waals surface area contributed by atoms with Crippen molar-refractivity contribution in [1.29, 1.82) is 0 Å². The van der Waals surface area contributed by atoms with E-state index < -0.39 is 29.5 Å². The second-order valence-corrected chi connectivity index (χ2v) is 6.60. The maximum Gasteiger partial charge on any atom is 0.336 e. The molecule has 2 amide bonds. The molecule has 0 aliphatic carbocycles. The van der Waals surface area contributed by atoms with Crippen molar-refractivity contribution in [2.75, 3.05) is 13.2 Å². The van der Waals surface area contributed by atoms with Crippen LogP contribution >= 0.6 is 0 Å². The van der Waals surface area contributed by atoms with E-state index in [0.29, 0.717) is 11.3 Å². The topological polar surface area (TPSA) is 135 Å². The van der Waals surface area contributed by atoms with Gasteiger partial charge in [0.15, 0.2) is 6.61 Å². The SMILES string of the molecule is Cc1cc(=O)oc2cc(OCC(=O)NCC(=O)N[C@@H](C(=O)O)C(C)C)ccc12. The highest BCUT2D eigenvalue weighted by atomic mass is 16.5. The third-order valence-electron chi connectivity index (χ3n) is 3.99. The first-order chi connectivity index (χ1) is 13.2. The highest BCUT2D eigenvalue weighted by molar-refractivity contribution is 5.88. The minimum absolute atomic E-state index is 0.294. The van der Waals surface area contributed by atoms with Gasteiger partial charge in [-0.3, -0.25) is 9.59 Å². The molecule has 28 heavy (non-hydrogen) atoms. The molecule has 1 heterocycles. The van der Waals surface area contributed by atoms with Gasteiger partial charge in [0.05, 0.1) is 6.54 Å². The van der Waals surface area contributed by atoms with Crippen molar-refractivity contribution in [2.45, 2.75) is 26.8 Å². The number of carboxylic acid groups (broad SMARTS) is 1. The van der Waals surface area contributed by atoms with Crippen molar-refractivity contribution >= 4 is 28.8 Å². The van der Waals surface area contributed by atoms with E-state index >= 15 is 0 Å². The molecule has 1 aromatic carbocycles. The summed E-state index contributed by atoms with van der Waals surface area (Å²) in [6.45, 7) is 4.38. The smallest absolute Gasteiger partial charge is 0.336 e. The van der Waals surface area contributed by atoms with Gasteiger partial charge in [0.1, 0.15) is 17.4 Å². The molecule has 0 aliphatic heterocycles. The second kappa shape index (κ2) is 9.03. The highest BCUT2D eigenvalue weighted by Gasteiger charge is 2.23. The molecule has 0 spiro atoms. The molecule has 3 N–H and O–H groups in total. The lowest BCUT2D eigenvalue weighted by Crippen LogP contribution is -2.48. The zero-order valence-corrected chi connectivity index (χ0v) is 15.8. The van der Waals surface area contributed by atoms with Crippen LogP contribution in [0.5, 0.6) is 5.75 Å². The molecular formula is C19H22N2O7. The molecule has 0 saturated carbocycles. The van der Waals surface area contributed by atoms with Crippen LogP contribution in [0.15, 0.2) is 33.5 Å². The summed E-state index contributed by atoms with van der Waals surface area (Å²) in [7, 11) is 0. The number of carbonyl (C=O) groups excluding carboxylic acids is 2. The van der Waals surface area contributed by atoms with Crippen molar-refractivity contribution in [3.8, 4) is 5.75 Å². The van der Waals surface area contributed by atoms with Crippen LogP contribution in [0.1, 0.15) is 19.4 Å². The Morgan fingerprint density at radius 3 is 2.54 bits per heavy atom. The average Bonchev–Trinajstić information content (AvgIpc) is 2.61. The fraction of sp³-hybridized carbons (Fsp3) is 0.368. The first kappa shape index (κ1) is 20.9. The van der Waals surface area contributed by atoms with E-state index in [1.54, 1.807) is 32.9 Å². The van der Waals surface area contributed by atoms with Gasteiger partial charge < -0.3 is 24.9 Å². The fourth-order valence-electron chi connectivity index (χ4n) is 2.51. The molecule has 0 radical (unpaired) electrons. The van der Waals surface area contributed by atoms with E-state index in [1.807, 2.05) is 0 Å². The maximum absolute atomic E-state index is 11.8. The van der Waals surface area contributed by atoms with Crippen molar-refractivity contribution in [1.82, 2.24) is 10.6 Å². The summed E-state index contributed by atoms with van der Waals surface area (Å²) in [6, 6.07) is 5.21. The summed E-state index contributed by atoms with van der Waals surface area (Å²) in [5.41, 5.74) is 0.630. The molecule has 1 aromatic heterocycles. The molecule has 2 aromatic rings. The van der Waals surface area contributed by atoms with Crippen molar-refractivity contribution in [3.63, 3.8) is 0 Å². The van der Waals surface area contributed by atoms with Gasteiger partial charge in [-0.2, -0.15) is 0 Å². The standard InChI is InChI=1S/C19H22N2O7/c1-10(2)18(19(25)26)21-15(22)8-20-16(23)9-27-12-4-5-13-11(3)6-17(24)28-14(13)7-12/h4-7,10,18H,8-9H2,1-3H3,(H,20,23)(H,21,22)(H,25,26)/t18-/m1/s1. The maximum atomic E-state index is 11.8. The number of carboxylic acids is 1. The van der Waals surface area contributed by atoms with Crippen molar-refractivity contribution < 1.29 is 28.6 Å². The molecule has 0 fully saturated rings. The zero-order chi connectivity index (χ0) is 20.8. The van der Waals surface area contributed by atoms with Crippen LogP contribution < -0.4 is 21.0 Å². The van der Waals surface area contributed by atoms with Gasteiger partial charge >= 0.3 is 11.6 Å². The predicted octanol–water partition coefficient (Wildman–Crippen LogP) is 0.822. The summed E-state index contributed by atoms with van der Waals surface area (Å²) in [6.07, 6.45) is 0. The minimum Gasteiger partial charge on any atom is -0.484 e. The molecule has 0 bridgehead atoms. The van der Waals surface area contributed by atoms with Gasteiger partial charge in [-0.25, -0.2) is 9.59 Å². The lowest BCUT2D eigenvalue weighted by molar-refractivity contribution is -0.143. The van der Waals surface area contributed by atoms with Gasteiger partial charge in [0.25, 0.3) is 5.91 Å². The minimum atomic E-state index is -1.14. The number of aliphatic carboxylic acids is 1. The Kier molecular flexibility index (Phi) is 6.75. The number of rotatable bonds is 8. The third-order valence-corrected chi connectivity index (χ3v) is 3.99.